The van der Waals surface area contributed by atoms with Gasteiger partial charge in [0.15, 0.2) is 0 Å². The number of nitrogens with one attached hydrogen (secondary N) is 1. The average molecular weight is 278 g/mol. The lowest BCUT2D eigenvalue weighted by atomic mass is 10.1. The first-order chi connectivity index (χ1) is 9.20. The van der Waals surface area contributed by atoms with E-state index in [0.29, 0.717) is 6.04 Å². The second-order valence-corrected chi connectivity index (χ2v) is 5.80. The molecule has 0 aliphatic heterocycles. The average Bonchev–Trinajstić information content (AvgIpc) is 2.95. The summed E-state index contributed by atoms with van der Waals surface area (Å²) in [5.41, 5.74) is 2.10. The van der Waals surface area contributed by atoms with Crippen molar-refractivity contribution in [2.45, 2.75) is 31.8 Å². The first-order valence-corrected chi connectivity index (χ1v) is 7.31. The van der Waals surface area contributed by atoms with Crippen molar-refractivity contribution in [1.29, 1.82) is 0 Å². The lowest BCUT2D eigenvalue weighted by molar-refractivity contribution is 0.365. The van der Waals surface area contributed by atoms with Crippen LogP contribution in [-0.4, -0.2) is 27.9 Å². The van der Waals surface area contributed by atoms with Crippen LogP contribution in [0.2, 0.25) is 0 Å². The van der Waals surface area contributed by atoms with Crippen LogP contribution in [0.4, 0.5) is 0 Å². The molecule has 0 amide bonds. The Morgan fingerprint density at radius 3 is 2.89 bits per heavy atom. The number of hydrogen-bond acceptors (Lipinski definition) is 5. The molecule has 1 aliphatic rings. The molecule has 1 fully saturated rings. The van der Waals surface area contributed by atoms with Crippen molar-refractivity contribution in [3.8, 4) is 5.88 Å². The van der Waals surface area contributed by atoms with E-state index in [-0.39, 0.29) is 6.04 Å². The van der Waals surface area contributed by atoms with E-state index >= 15 is 0 Å². The molecule has 0 spiro atoms. The summed E-state index contributed by atoms with van der Waals surface area (Å²) in [5.74, 6) is 0.811. The Morgan fingerprint density at radius 1 is 1.53 bits per heavy atom. The molecule has 1 atom stereocenters. The predicted molar refractivity (Wildman–Crippen MR) is 74.6 cm³/mol. The summed E-state index contributed by atoms with van der Waals surface area (Å²) in [4.78, 5) is 4.46. The fraction of sp³-hybridized carbons (Fsp3) is 0.538. The fourth-order valence-electron chi connectivity index (χ4n) is 2.37. The highest BCUT2D eigenvalue weighted by Crippen LogP contribution is 2.36. The molecule has 1 saturated carbocycles. The Hall–Kier alpha value is -1.40. The van der Waals surface area contributed by atoms with Crippen molar-refractivity contribution in [2.75, 3.05) is 7.11 Å². The van der Waals surface area contributed by atoms with Crippen LogP contribution in [-0.2, 0) is 7.05 Å². The van der Waals surface area contributed by atoms with Gasteiger partial charge in [0.2, 0.25) is 5.88 Å². The van der Waals surface area contributed by atoms with Gasteiger partial charge in [-0.3, -0.25) is 0 Å². The number of thiazole rings is 1. The van der Waals surface area contributed by atoms with E-state index < -0.39 is 0 Å². The highest BCUT2D eigenvalue weighted by atomic mass is 32.1. The standard InChI is InChI=1S/C13H18N4OS/c1-8-10(13(18-3)17(2)16-8)11(15-9-4-5-9)12-14-6-7-19-12/h6-7,9,11,15H,4-5H2,1-3H3. The molecule has 19 heavy (non-hydrogen) atoms. The van der Waals surface area contributed by atoms with E-state index in [4.69, 9.17) is 4.74 Å². The quantitative estimate of drug-likeness (QED) is 0.909. The largest absolute Gasteiger partial charge is 0.481 e. The molecule has 102 valence electrons. The molecule has 0 radical (unpaired) electrons. The lowest BCUT2D eigenvalue weighted by Gasteiger charge is -2.17. The molecule has 0 saturated heterocycles. The predicted octanol–water partition coefficient (Wildman–Crippen LogP) is 2.04. The van der Waals surface area contributed by atoms with Crippen LogP contribution in [0, 0.1) is 6.92 Å². The van der Waals surface area contributed by atoms with Crippen molar-refractivity contribution >= 4 is 11.3 Å². The van der Waals surface area contributed by atoms with Crippen molar-refractivity contribution in [3.63, 3.8) is 0 Å². The monoisotopic (exact) mass is 278 g/mol. The van der Waals surface area contributed by atoms with Crippen LogP contribution in [0.1, 0.15) is 35.1 Å². The third-order valence-corrected chi connectivity index (χ3v) is 4.21. The summed E-state index contributed by atoms with van der Waals surface area (Å²) in [6.45, 7) is 2.02. The Balaban J connectivity index is 2.03. The van der Waals surface area contributed by atoms with Crippen LogP contribution in [0.3, 0.4) is 0 Å². The number of rotatable bonds is 5. The summed E-state index contributed by atoms with van der Waals surface area (Å²) >= 11 is 1.67. The second-order valence-electron chi connectivity index (χ2n) is 4.88. The van der Waals surface area contributed by atoms with Crippen LogP contribution < -0.4 is 10.1 Å². The second kappa shape index (κ2) is 4.94. The SMILES string of the molecule is COc1c(C(NC2CC2)c2nccs2)c(C)nn1C. The summed E-state index contributed by atoms with van der Waals surface area (Å²) in [7, 11) is 3.60. The molecule has 2 aromatic rings. The first-order valence-electron chi connectivity index (χ1n) is 6.43. The van der Waals surface area contributed by atoms with E-state index in [2.05, 4.69) is 15.4 Å². The molecule has 1 N–H and O–H groups in total. The van der Waals surface area contributed by atoms with E-state index in [1.54, 1.807) is 23.1 Å². The van der Waals surface area contributed by atoms with Crippen molar-refractivity contribution in [1.82, 2.24) is 20.1 Å². The van der Waals surface area contributed by atoms with E-state index in [9.17, 15) is 0 Å². The van der Waals surface area contributed by atoms with Crippen molar-refractivity contribution in [3.05, 3.63) is 27.8 Å². The smallest absolute Gasteiger partial charge is 0.216 e. The highest BCUT2D eigenvalue weighted by molar-refractivity contribution is 7.09. The van der Waals surface area contributed by atoms with Gasteiger partial charge in [0, 0.05) is 24.7 Å². The number of hydrogen-bond donors (Lipinski definition) is 1. The molecular formula is C13H18N4OS. The normalized spacial score (nSPS) is 16.6. The maximum Gasteiger partial charge on any atom is 0.216 e. The summed E-state index contributed by atoms with van der Waals surface area (Å²) in [5, 5.41) is 11.2. The zero-order chi connectivity index (χ0) is 13.4. The number of aryl methyl sites for hydroxylation is 2. The fourth-order valence-corrected chi connectivity index (χ4v) is 3.07. The molecule has 2 heterocycles. The zero-order valence-electron chi connectivity index (χ0n) is 11.4. The Bertz CT molecular complexity index is 559. The van der Waals surface area contributed by atoms with Gasteiger partial charge in [-0.1, -0.05) is 0 Å². The van der Waals surface area contributed by atoms with Gasteiger partial charge in [0.25, 0.3) is 0 Å². The van der Waals surface area contributed by atoms with Gasteiger partial charge in [-0.05, 0) is 19.8 Å². The molecule has 0 aromatic carbocycles. The van der Waals surface area contributed by atoms with Crippen LogP contribution >= 0.6 is 11.3 Å². The van der Waals surface area contributed by atoms with Gasteiger partial charge >= 0.3 is 0 Å². The third kappa shape index (κ3) is 2.37. The number of methoxy groups -OCH3 is 1. The molecule has 2 aromatic heterocycles. The maximum absolute atomic E-state index is 5.52. The maximum atomic E-state index is 5.52. The topological polar surface area (TPSA) is 52.0 Å². The molecule has 5 nitrogen and oxygen atoms in total. The van der Waals surface area contributed by atoms with Crippen molar-refractivity contribution in [2.24, 2.45) is 7.05 Å². The first kappa shape index (κ1) is 12.6. The van der Waals surface area contributed by atoms with E-state index in [1.807, 2.05) is 25.5 Å². The Kier molecular flexibility index (Phi) is 3.28. The van der Waals surface area contributed by atoms with E-state index in [1.165, 1.54) is 12.8 Å². The summed E-state index contributed by atoms with van der Waals surface area (Å²) < 4.78 is 7.31. The molecular weight excluding hydrogens is 260 g/mol. The van der Waals surface area contributed by atoms with Crippen LogP contribution in [0.25, 0.3) is 0 Å². The number of nitrogens with zero attached hydrogens (tertiary/aromatic N) is 3. The minimum Gasteiger partial charge on any atom is -0.481 e. The molecule has 6 heteroatoms. The van der Waals surface area contributed by atoms with Gasteiger partial charge < -0.3 is 10.1 Å². The zero-order valence-corrected chi connectivity index (χ0v) is 12.2. The molecule has 3 rings (SSSR count). The number of ether oxygens (including phenoxy) is 1. The van der Waals surface area contributed by atoms with Gasteiger partial charge in [0.1, 0.15) is 5.01 Å². The van der Waals surface area contributed by atoms with Gasteiger partial charge in [-0.25, -0.2) is 9.67 Å². The summed E-state index contributed by atoms with van der Waals surface area (Å²) in [6, 6.07) is 0.675. The Morgan fingerprint density at radius 2 is 2.32 bits per heavy atom. The van der Waals surface area contributed by atoms with Crippen LogP contribution in [0.15, 0.2) is 11.6 Å². The molecule has 1 unspecified atom stereocenters. The Labute approximate surface area is 116 Å². The molecule has 1 aliphatic carbocycles. The minimum absolute atomic E-state index is 0.0798. The summed E-state index contributed by atoms with van der Waals surface area (Å²) in [6.07, 6.45) is 4.33. The van der Waals surface area contributed by atoms with E-state index in [0.717, 1.165) is 22.1 Å². The van der Waals surface area contributed by atoms with Crippen molar-refractivity contribution < 1.29 is 4.74 Å². The lowest BCUT2D eigenvalue weighted by Crippen LogP contribution is -2.25. The van der Waals surface area contributed by atoms with Crippen LogP contribution in [0.5, 0.6) is 5.88 Å². The van der Waals surface area contributed by atoms with Gasteiger partial charge in [0.05, 0.1) is 24.4 Å². The number of aromatic nitrogens is 3. The third-order valence-electron chi connectivity index (χ3n) is 3.37. The van der Waals surface area contributed by atoms with Gasteiger partial charge in [-0.2, -0.15) is 5.10 Å². The molecule has 0 bridgehead atoms. The minimum atomic E-state index is 0.0798. The highest BCUT2D eigenvalue weighted by Gasteiger charge is 2.32. The van der Waals surface area contributed by atoms with Gasteiger partial charge in [-0.15, -0.1) is 11.3 Å².